The molecular weight excluding hydrogens is 278 g/mol. The van der Waals surface area contributed by atoms with Crippen molar-refractivity contribution in [3.63, 3.8) is 0 Å². The molecule has 1 aromatic heterocycles. The van der Waals surface area contributed by atoms with Crippen molar-refractivity contribution in [2.75, 3.05) is 5.32 Å². The Kier molecular flexibility index (Phi) is 2.91. The van der Waals surface area contributed by atoms with Crippen LogP contribution in [0.25, 0.3) is 0 Å². The predicted octanol–water partition coefficient (Wildman–Crippen LogP) is 2.66. The van der Waals surface area contributed by atoms with Crippen molar-refractivity contribution in [1.29, 1.82) is 0 Å². The SMILES string of the molecule is Cc1cccc(NC2=C(Cl)C(=O)c3[nH]cnc3C2=O)c1. The van der Waals surface area contributed by atoms with E-state index < -0.39 is 11.6 Å². The number of aromatic amines is 1. The highest BCUT2D eigenvalue weighted by Gasteiger charge is 2.33. The number of aromatic nitrogens is 2. The van der Waals surface area contributed by atoms with Crippen LogP contribution in [0, 0.1) is 6.92 Å². The van der Waals surface area contributed by atoms with Crippen LogP contribution in [0.1, 0.15) is 26.5 Å². The largest absolute Gasteiger partial charge is 0.351 e. The second-order valence-electron chi connectivity index (χ2n) is 4.47. The van der Waals surface area contributed by atoms with Crippen molar-refractivity contribution in [2.45, 2.75) is 6.92 Å². The topological polar surface area (TPSA) is 74.8 Å². The molecule has 0 spiro atoms. The first-order chi connectivity index (χ1) is 9.58. The summed E-state index contributed by atoms with van der Waals surface area (Å²) in [7, 11) is 0. The van der Waals surface area contributed by atoms with E-state index in [2.05, 4.69) is 15.3 Å². The summed E-state index contributed by atoms with van der Waals surface area (Å²) in [5.74, 6) is -0.832. The van der Waals surface area contributed by atoms with E-state index in [1.807, 2.05) is 25.1 Å². The van der Waals surface area contributed by atoms with Crippen molar-refractivity contribution in [3.8, 4) is 0 Å². The third kappa shape index (κ3) is 1.92. The molecule has 1 aliphatic carbocycles. The third-order valence-electron chi connectivity index (χ3n) is 3.01. The van der Waals surface area contributed by atoms with E-state index in [1.165, 1.54) is 6.33 Å². The molecule has 1 heterocycles. The fourth-order valence-electron chi connectivity index (χ4n) is 2.06. The number of nitrogens with zero attached hydrogens (tertiary/aromatic N) is 1. The Morgan fingerprint density at radius 3 is 2.80 bits per heavy atom. The van der Waals surface area contributed by atoms with Crippen LogP contribution >= 0.6 is 11.6 Å². The first kappa shape index (κ1) is 12.6. The highest BCUT2D eigenvalue weighted by molar-refractivity contribution is 6.49. The lowest BCUT2D eigenvalue weighted by atomic mass is 10.0. The van der Waals surface area contributed by atoms with Crippen LogP contribution in [0.5, 0.6) is 0 Å². The number of anilines is 1. The van der Waals surface area contributed by atoms with E-state index in [-0.39, 0.29) is 22.1 Å². The first-order valence-corrected chi connectivity index (χ1v) is 6.32. The van der Waals surface area contributed by atoms with Gasteiger partial charge in [0, 0.05) is 5.69 Å². The van der Waals surface area contributed by atoms with Gasteiger partial charge in [0.15, 0.2) is 0 Å². The van der Waals surface area contributed by atoms with Gasteiger partial charge in [0.05, 0.1) is 6.33 Å². The monoisotopic (exact) mass is 287 g/mol. The molecular formula is C14H10ClN3O2. The molecule has 0 atom stereocenters. The summed E-state index contributed by atoms with van der Waals surface area (Å²) < 4.78 is 0. The van der Waals surface area contributed by atoms with Crippen LogP contribution in [0.3, 0.4) is 0 Å². The molecule has 2 aromatic rings. The maximum Gasteiger partial charge on any atom is 0.231 e. The van der Waals surface area contributed by atoms with Gasteiger partial charge < -0.3 is 10.3 Å². The van der Waals surface area contributed by atoms with E-state index in [0.717, 1.165) is 5.56 Å². The molecule has 6 heteroatoms. The zero-order chi connectivity index (χ0) is 14.3. The number of hydrogen-bond donors (Lipinski definition) is 2. The quantitative estimate of drug-likeness (QED) is 0.890. The number of carbonyl (C=O) groups is 2. The van der Waals surface area contributed by atoms with Gasteiger partial charge in [-0.1, -0.05) is 23.7 Å². The number of hydrogen-bond acceptors (Lipinski definition) is 4. The van der Waals surface area contributed by atoms with Gasteiger partial charge in [-0.2, -0.15) is 0 Å². The number of ketones is 2. The van der Waals surface area contributed by atoms with Crippen LogP contribution in [-0.4, -0.2) is 21.5 Å². The lowest BCUT2D eigenvalue weighted by molar-refractivity contribution is 0.0977. The normalized spacial score (nSPS) is 14.5. The predicted molar refractivity (Wildman–Crippen MR) is 74.9 cm³/mol. The zero-order valence-corrected chi connectivity index (χ0v) is 11.3. The van der Waals surface area contributed by atoms with Crippen LogP contribution in [0.4, 0.5) is 5.69 Å². The summed E-state index contributed by atoms with van der Waals surface area (Å²) in [6.45, 7) is 1.93. The van der Waals surface area contributed by atoms with Crippen LogP contribution in [0.15, 0.2) is 41.3 Å². The second kappa shape index (κ2) is 4.61. The molecule has 1 aliphatic rings. The Hall–Kier alpha value is -2.40. The Bertz CT molecular complexity index is 761. The standard InChI is InChI=1S/C14H10ClN3O2/c1-7-3-2-4-8(5-7)18-10-9(15)13(19)11-12(14(10)20)17-6-16-11/h2-6,18H,1H3,(H,16,17). The molecule has 5 nitrogen and oxygen atoms in total. The molecule has 0 radical (unpaired) electrons. The van der Waals surface area contributed by atoms with E-state index in [1.54, 1.807) is 6.07 Å². The number of imidazole rings is 1. The molecule has 0 aliphatic heterocycles. The first-order valence-electron chi connectivity index (χ1n) is 5.94. The van der Waals surface area contributed by atoms with Gasteiger partial charge in [-0.05, 0) is 24.6 Å². The van der Waals surface area contributed by atoms with Gasteiger partial charge in [-0.25, -0.2) is 4.98 Å². The molecule has 20 heavy (non-hydrogen) atoms. The Balaban J connectivity index is 2.03. The van der Waals surface area contributed by atoms with E-state index in [4.69, 9.17) is 11.6 Å². The number of Topliss-reactive ketones (excluding diaryl/α,β-unsaturated/α-hetero) is 2. The van der Waals surface area contributed by atoms with Crippen molar-refractivity contribution in [3.05, 3.63) is 58.3 Å². The number of rotatable bonds is 2. The average Bonchev–Trinajstić information content (AvgIpc) is 2.91. The average molecular weight is 288 g/mol. The summed E-state index contributed by atoms with van der Waals surface area (Å²) in [6, 6.07) is 7.43. The van der Waals surface area contributed by atoms with Gasteiger partial charge >= 0.3 is 0 Å². The second-order valence-corrected chi connectivity index (χ2v) is 4.85. The number of fused-ring (bicyclic) bond motifs is 1. The molecule has 0 unspecified atom stereocenters. The van der Waals surface area contributed by atoms with Gasteiger partial charge in [-0.15, -0.1) is 0 Å². The van der Waals surface area contributed by atoms with Crippen molar-refractivity contribution >= 4 is 28.9 Å². The van der Waals surface area contributed by atoms with Gasteiger partial charge in [-0.3, -0.25) is 9.59 Å². The summed E-state index contributed by atoms with van der Waals surface area (Å²) in [4.78, 5) is 30.8. The Morgan fingerprint density at radius 2 is 2.05 bits per heavy atom. The zero-order valence-electron chi connectivity index (χ0n) is 10.5. The number of benzene rings is 1. The Morgan fingerprint density at radius 1 is 1.25 bits per heavy atom. The molecule has 0 fully saturated rings. The number of aryl methyl sites for hydroxylation is 1. The smallest absolute Gasteiger partial charge is 0.231 e. The number of allylic oxidation sites excluding steroid dienone is 2. The third-order valence-corrected chi connectivity index (χ3v) is 3.38. The number of H-pyrrole nitrogens is 1. The lowest BCUT2D eigenvalue weighted by Gasteiger charge is -2.15. The van der Waals surface area contributed by atoms with Gasteiger partial charge in [0.25, 0.3) is 0 Å². The maximum atomic E-state index is 12.3. The molecule has 0 saturated carbocycles. The molecule has 3 rings (SSSR count). The highest BCUT2D eigenvalue weighted by Crippen LogP contribution is 2.27. The van der Waals surface area contributed by atoms with Crippen molar-refractivity contribution < 1.29 is 9.59 Å². The number of carbonyl (C=O) groups excluding carboxylic acids is 2. The minimum Gasteiger partial charge on any atom is -0.351 e. The van der Waals surface area contributed by atoms with Crippen LogP contribution in [-0.2, 0) is 0 Å². The lowest BCUT2D eigenvalue weighted by Crippen LogP contribution is -2.24. The molecule has 0 saturated heterocycles. The number of nitrogens with one attached hydrogen (secondary N) is 2. The van der Waals surface area contributed by atoms with Gasteiger partial charge in [0.1, 0.15) is 22.1 Å². The molecule has 0 bridgehead atoms. The van der Waals surface area contributed by atoms with Crippen molar-refractivity contribution in [2.24, 2.45) is 0 Å². The molecule has 0 amide bonds. The van der Waals surface area contributed by atoms with Crippen LogP contribution in [0.2, 0.25) is 0 Å². The number of halogens is 1. The van der Waals surface area contributed by atoms with Crippen LogP contribution < -0.4 is 5.32 Å². The molecule has 100 valence electrons. The van der Waals surface area contributed by atoms with E-state index in [9.17, 15) is 9.59 Å². The fourth-order valence-corrected chi connectivity index (χ4v) is 2.29. The summed E-state index contributed by atoms with van der Waals surface area (Å²) in [5, 5.41) is 2.77. The molecule has 2 N–H and O–H groups in total. The van der Waals surface area contributed by atoms with E-state index >= 15 is 0 Å². The minimum atomic E-state index is -0.436. The van der Waals surface area contributed by atoms with Gasteiger partial charge in [0.2, 0.25) is 11.6 Å². The Labute approximate surface area is 119 Å². The summed E-state index contributed by atoms with van der Waals surface area (Å²) >= 11 is 6.00. The van der Waals surface area contributed by atoms with E-state index in [0.29, 0.717) is 5.69 Å². The minimum absolute atomic E-state index is 0.0573. The molecule has 1 aromatic carbocycles. The summed E-state index contributed by atoms with van der Waals surface area (Å²) in [6.07, 6.45) is 1.31. The highest BCUT2D eigenvalue weighted by atomic mass is 35.5. The fraction of sp³-hybridized carbons (Fsp3) is 0.0714. The van der Waals surface area contributed by atoms with Crippen molar-refractivity contribution in [1.82, 2.24) is 9.97 Å². The summed E-state index contributed by atoms with van der Waals surface area (Å²) in [5.41, 5.74) is 2.01. The maximum absolute atomic E-state index is 12.3.